The number of para-hydroxylation sites is 1. The number of aryl methyl sites for hydroxylation is 1. The number of aromatic nitrogens is 1. The van der Waals surface area contributed by atoms with Crippen LogP contribution in [0.25, 0.3) is 11.3 Å². The van der Waals surface area contributed by atoms with Crippen LogP contribution in [0.3, 0.4) is 0 Å². The molecule has 0 aliphatic rings. The molecule has 2 aromatic carbocycles. The third kappa shape index (κ3) is 3.33. The van der Waals surface area contributed by atoms with E-state index in [1.165, 1.54) is 11.3 Å². The molecule has 7 heteroatoms. The predicted octanol–water partition coefficient (Wildman–Crippen LogP) is 2.94. The zero-order chi connectivity index (χ0) is 17.3. The minimum atomic E-state index is -3.75. The monoisotopic (exact) mass is 359 g/mol. The molecule has 0 bridgehead atoms. The molecular formula is C17H17N3O2S2. The fourth-order valence-electron chi connectivity index (χ4n) is 2.41. The number of hydrogen-bond donors (Lipinski definition) is 1. The van der Waals surface area contributed by atoms with Gasteiger partial charge in [0.2, 0.25) is 10.0 Å². The van der Waals surface area contributed by atoms with Gasteiger partial charge in [0.15, 0.2) is 4.80 Å². The summed E-state index contributed by atoms with van der Waals surface area (Å²) in [5.41, 5.74) is 3.18. The molecule has 3 rings (SSSR count). The first-order valence-corrected chi connectivity index (χ1v) is 9.67. The molecule has 0 atom stereocenters. The average molecular weight is 359 g/mol. The van der Waals surface area contributed by atoms with Gasteiger partial charge in [0, 0.05) is 18.0 Å². The number of primary sulfonamides is 1. The molecule has 0 fully saturated rings. The van der Waals surface area contributed by atoms with Gasteiger partial charge in [-0.15, -0.1) is 11.3 Å². The van der Waals surface area contributed by atoms with E-state index in [4.69, 9.17) is 5.14 Å². The fraction of sp³-hybridized carbons (Fsp3) is 0.118. The smallest absolute Gasteiger partial charge is 0.238 e. The van der Waals surface area contributed by atoms with Crippen molar-refractivity contribution >= 4 is 27.0 Å². The van der Waals surface area contributed by atoms with Crippen LogP contribution in [0.2, 0.25) is 0 Å². The van der Waals surface area contributed by atoms with Gasteiger partial charge in [0.1, 0.15) is 0 Å². The Hall–Kier alpha value is -2.22. The summed E-state index contributed by atoms with van der Waals surface area (Å²) in [6.07, 6.45) is 0. The average Bonchev–Trinajstić information content (AvgIpc) is 2.89. The second kappa shape index (κ2) is 6.35. The van der Waals surface area contributed by atoms with Gasteiger partial charge in [0.25, 0.3) is 0 Å². The van der Waals surface area contributed by atoms with Gasteiger partial charge in [0.05, 0.1) is 16.3 Å². The number of nitrogens with zero attached hydrogens (tertiary/aromatic N) is 2. The van der Waals surface area contributed by atoms with Gasteiger partial charge in [-0.05, 0) is 30.7 Å². The molecular weight excluding hydrogens is 342 g/mol. The van der Waals surface area contributed by atoms with Crippen molar-refractivity contribution in [1.82, 2.24) is 4.57 Å². The van der Waals surface area contributed by atoms with E-state index in [0.717, 1.165) is 21.7 Å². The first-order chi connectivity index (χ1) is 11.4. The molecule has 0 radical (unpaired) electrons. The predicted molar refractivity (Wildman–Crippen MR) is 96.5 cm³/mol. The summed E-state index contributed by atoms with van der Waals surface area (Å²) in [5, 5.41) is 7.26. The lowest BCUT2D eigenvalue weighted by molar-refractivity contribution is 0.597. The molecule has 0 aliphatic carbocycles. The van der Waals surface area contributed by atoms with Crippen LogP contribution in [-0.2, 0) is 17.1 Å². The number of nitrogens with two attached hydrogens (primary N) is 1. The second-order valence-electron chi connectivity index (χ2n) is 5.44. The molecule has 3 aromatic rings. The lowest BCUT2D eigenvalue weighted by Gasteiger charge is -2.08. The Labute approximate surface area is 144 Å². The van der Waals surface area contributed by atoms with Crippen molar-refractivity contribution < 1.29 is 8.42 Å². The first kappa shape index (κ1) is 16.6. The second-order valence-corrected chi connectivity index (χ2v) is 7.80. The van der Waals surface area contributed by atoms with Crippen LogP contribution < -0.4 is 9.94 Å². The van der Waals surface area contributed by atoms with E-state index in [-0.39, 0.29) is 4.90 Å². The molecule has 1 aromatic heterocycles. The van der Waals surface area contributed by atoms with Crippen LogP contribution in [0.5, 0.6) is 0 Å². The van der Waals surface area contributed by atoms with Crippen molar-refractivity contribution in [3.05, 3.63) is 64.3 Å². The highest BCUT2D eigenvalue weighted by atomic mass is 32.2. The summed E-state index contributed by atoms with van der Waals surface area (Å²) in [4.78, 5) is 5.59. The Morgan fingerprint density at radius 3 is 2.50 bits per heavy atom. The summed E-state index contributed by atoms with van der Waals surface area (Å²) in [6.45, 7) is 1.73. The number of benzene rings is 2. The zero-order valence-electron chi connectivity index (χ0n) is 13.3. The van der Waals surface area contributed by atoms with Gasteiger partial charge in [-0.1, -0.05) is 30.3 Å². The van der Waals surface area contributed by atoms with Crippen LogP contribution in [0.15, 0.2) is 63.8 Å². The van der Waals surface area contributed by atoms with Crippen molar-refractivity contribution in [2.75, 3.05) is 0 Å². The number of hydrogen-bond acceptors (Lipinski definition) is 4. The van der Waals surface area contributed by atoms with Crippen LogP contribution in [-0.4, -0.2) is 13.0 Å². The van der Waals surface area contributed by atoms with Gasteiger partial charge < -0.3 is 4.57 Å². The molecule has 0 aliphatic heterocycles. The normalized spacial score (nSPS) is 12.5. The maximum absolute atomic E-state index is 11.7. The maximum Gasteiger partial charge on any atom is 0.238 e. The van der Waals surface area contributed by atoms with E-state index in [2.05, 4.69) is 4.99 Å². The van der Waals surface area contributed by atoms with E-state index in [0.29, 0.717) is 5.56 Å². The van der Waals surface area contributed by atoms with E-state index < -0.39 is 10.0 Å². The minimum Gasteiger partial charge on any atom is -0.320 e. The van der Waals surface area contributed by atoms with Crippen molar-refractivity contribution in [2.24, 2.45) is 17.2 Å². The molecule has 0 saturated carbocycles. The Bertz CT molecular complexity index is 1050. The summed E-state index contributed by atoms with van der Waals surface area (Å²) < 4.78 is 25.4. The standard InChI is InChI=1S/C17H17N3O2S2/c1-12-8-9-13(10-16(12)24(18,21)22)15-11-23-17(20(15)2)19-14-6-4-3-5-7-14/h3-11H,1-2H3,(H2,18,21,22). The molecule has 1 heterocycles. The molecule has 5 nitrogen and oxygen atoms in total. The highest BCUT2D eigenvalue weighted by Gasteiger charge is 2.14. The van der Waals surface area contributed by atoms with Crippen LogP contribution >= 0.6 is 11.3 Å². The Kier molecular flexibility index (Phi) is 4.40. The van der Waals surface area contributed by atoms with Gasteiger partial charge in [-0.25, -0.2) is 18.5 Å². The summed E-state index contributed by atoms with van der Waals surface area (Å²) in [6, 6.07) is 14.9. The topological polar surface area (TPSA) is 77.5 Å². The highest BCUT2D eigenvalue weighted by Crippen LogP contribution is 2.25. The van der Waals surface area contributed by atoms with Crippen LogP contribution in [0.1, 0.15) is 5.56 Å². The largest absolute Gasteiger partial charge is 0.320 e. The van der Waals surface area contributed by atoms with Gasteiger partial charge in [-0.3, -0.25) is 0 Å². The number of sulfonamides is 1. The van der Waals surface area contributed by atoms with Crippen LogP contribution in [0, 0.1) is 6.92 Å². The number of rotatable bonds is 3. The van der Waals surface area contributed by atoms with Gasteiger partial charge in [-0.2, -0.15) is 0 Å². The van der Waals surface area contributed by atoms with Crippen LogP contribution in [0.4, 0.5) is 5.69 Å². The third-order valence-electron chi connectivity index (χ3n) is 3.70. The Morgan fingerprint density at radius 2 is 1.83 bits per heavy atom. The molecule has 124 valence electrons. The maximum atomic E-state index is 11.7. The lowest BCUT2D eigenvalue weighted by Crippen LogP contribution is -2.14. The number of thiazole rings is 1. The Balaban J connectivity index is 2.11. The molecule has 0 unspecified atom stereocenters. The lowest BCUT2D eigenvalue weighted by atomic mass is 10.1. The molecule has 0 amide bonds. The summed E-state index contributed by atoms with van der Waals surface area (Å²) in [7, 11) is -1.84. The summed E-state index contributed by atoms with van der Waals surface area (Å²) in [5.74, 6) is 0. The van der Waals surface area contributed by atoms with E-state index in [1.807, 2.05) is 53.4 Å². The molecule has 2 N–H and O–H groups in total. The van der Waals surface area contributed by atoms with Crippen molar-refractivity contribution in [3.63, 3.8) is 0 Å². The van der Waals surface area contributed by atoms with E-state index in [9.17, 15) is 8.42 Å². The third-order valence-corrected chi connectivity index (χ3v) is 5.67. The first-order valence-electron chi connectivity index (χ1n) is 7.24. The van der Waals surface area contributed by atoms with E-state index >= 15 is 0 Å². The highest BCUT2D eigenvalue weighted by molar-refractivity contribution is 7.89. The SMILES string of the molecule is Cc1ccc(-c2csc(=Nc3ccccc3)n2C)cc1S(N)(=O)=O. The fourth-order valence-corrected chi connectivity index (χ4v) is 4.15. The quantitative estimate of drug-likeness (QED) is 0.780. The summed E-state index contributed by atoms with van der Waals surface area (Å²) >= 11 is 1.50. The van der Waals surface area contributed by atoms with E-state index in [1.54, 1.807) is 19.1 Å². The van der Waals surface area contributed by atoms with Crippen molar-refractivity contribution in [2.45, 2.75) is 11.8 Å². The Morgan fingerprint density at radius 1 is 1.12 bits per heavy atom. The van der Waals surface area contributed by atoms with Crippen molar-refractivity contribution in [3.8, 4) is 11.3 Å². The molecule has 24 heavy (non-hydrogen) atoms. The molecule has 0 spiro atoms. The minimum absolute atomic E-state index is 0.146. The zero-order valence-corrected chi connectivity index (χ0v) is 14.9. The molecule has 0 saturated heterocycles. The van der Waals surface area contributed by atoms with Gasteiger partial charge >= 0.3 is 0 Å². The van der Waals surface area contributed by atoms with Crippen molar-refractivity contribution in [1.29, 1.82) is 0 Å².